The van der Waals surface area contributed by atoms with Crippen molar-refractivity contribution in [2.45, 2.75) is 25.8 Å². The minimum absolute atomic E-state index is 0.0167. The highest BCUT2D eigenvalue weighted by molar-refractivity contribution is 5.94. The van der Waals surface area contributed by atoms with E-state index in [-0.39, 0.29) is 17.9 Å². The number of carbonyl (C=O) groups excluding carboxylic acids is 2. The van der Waals surface area contributed by atoms with Crippen molar-refractivity contribution < 1.29 is 19.1 Å². The van der Waals surface area contributed by atoms with Crippen molar-refractivity contribution in [1.82, 2.24) is 14.8 Å². The lowest BCUT2D eigenvalue weighted by Gasteiger charge is -2.27. The third-order valence-electron chi connectivity index (χ3n) is 5.59. The zero-order chi connectivity index (χ0) is 20.9. The van der Waals surface area contributed by atoms with E-state index in [1.807, 2.05) is 36.1 Å². The van der Waals surface area contributed by atoms with E-state index < -0.39 is 0 Å². The SMILES string of the molecule is Cc1cccc(C(=O)N2CCCC2COc2ccc(C(=O)N3CCOCC3)cc2)n1. The number of nitrogens with zero attached hydrogens (tertiary/aromatic N) is 3. The van der Waals surface area contributed by atoms with E-state index in [4.69, 9.17) is 9.47 Å². The van der Waals surface area contributed by atoms with Crippen LogP contribution in [-0.2, 0) is 4.74 Å². The summed E-state index contributed by atoms with van der Waals surface area (Å²) in [4.78, 5) is 33.4. The lowest BCUT2D eigenvalue weighted by molar-refractivity contribution is 0.0303. The number of ether oxygens (including phenoxy) is 2. The van der Waals surface area contributed by atoms with Crippen molar-refractivity contribution in [3.8, 4) is 5.75 Å². The molecule has 2 fully saturated rings. The van der Waals surface area contributed by atoms with Gasteiger partial charge in [-0.05, 0) is 56.2 Å². The largest absolute Gasteiger partial charge is 0.491 e. The van der Waals surface area contributed by atoms with E-state index in [9.17, 15) is 9.59 Å². The summed E-state index contributed by atoms with van der Waals surface area (Å²) < 4.78 is 11.3. The Hall–Kier alpha value is -2.93. The molecule has 1 aromatic heterocycles. The maximum absolute atomic E-state index is 12.8. The lowest BCUT2D eigenvalue weighted by Crippen LogP contribution is -2.40. The van der Waals surface area contributed by atoms with Crippen molar-refractivity contribution in [2.24, 2.45) is 0 Å². The Labute approximate surface area is 176 Å². The topological polar surface area (TPSA) is 72.0 Å². The molecule has 0 aliphatic carbocycles. The molecule has 30 heavy (non-hydrogen) atoms. The van der Waals surface area contributed by atoms with Gasteiger partial charge in [-0.15, -0.1) is 0 Å². The second-order valence-electron chi connectivity index (χ2n) is 7.70. The van der Waals surface area contributed by atoms with Crippen LogP contribution in [0.25, 0.3) is 0 Å². The summed E-state index contributed by atoms with van der Waals surface area (Å²) in [7, 11) is 0. The number of amides is 2. The van der Waals surface area contributed by atoms with Gasteiger partial charge >= 0.3 is 0 Å². The summed E-state index contributed by atoms with van der Waals surface area (Å²) in [5.74, 6) is 0.667. The van der Waals surface area contributed by atoms with E-state index in [1.54, 1.807) is 23.1 Å². The Balaban J connectivity index is 1.34. The summed E-state index contributed by atoms with van der Waals surface area (Å²) in [5, 5.41) is 0. The Morgan fingerprint density at radius 1 is 1.07 bits per heavy atom. The number of pyridine rings is 1. The number of aryl methyl sites for hydroxylation is 1. The van der Waals surface area contributed by atoms with Gasteiger partial charge in [-0.3, -0.25) is 9.59 Å². The van der Waals surface area contributed by atoms with E-state index in [0.29, 0.717) is 49.9 Å². The third kappa shape index (κ3) is 4.62. The highest BCUT2D eigenvalue weighted by atomic mass is 16.5. The number of likely N-dealkylation sites (tertiary alicyclic amines) is 1. The first kappa shape index (κ1) is 20.3. The van der Waals surface area contributed by atoms with Crippen LogP contribution in [-0.4, -0.2) is 72.1 Å². The smallest absolute Gasteiger partial charge is 0.272 e. The van der Waals surface area contributed by atoms with Gasteiger partial charge in [0, 0.05) is 30.9 Å². The molecule has 2 aliphatic rings. The van der Waals surface area contributed by atoms with Gasteiger partial charge in [-0.25, -0.2) is 4.98 Å². The van der Waals surface area contributed by atoms with E-state index >= 15 is 0 Å². The molecule has 2 saturated heterocycles. The molecule has 1 atom stereocenters. The van der Waals surface area contributed by atoms with Gasteiger partial charge in [0.15, 0.2) is 0 Å². The Bertz CT molecular complexity index is 894. The van der Waals surface area contributed by atoms with E-state index in [2.05, 4.69) is 4.98 Å². The monoisotopic (exact) mass is 409 g/mol. The summed E-state index contributed by atoms with van der Waals surface area (Å²) in [6.45, 7) is 5.44. The van der Waals surface area contributed by atoms with Gasteiger partial charge in [0.1, 0.15) is 18.1 Å². The molecule has 2 aromatic rings. The van der Waals surface area contributed by atoms with Crippen molar-refractivity contribution in [3.63, 3.8) is 0 Å². The predicted molar refractivity (Wildman–Crippen MR) is 112 cm³/mol. The number of carbonyl (C=O) groups is 2. The minimum atomic E-state index is -0.0451. The molecule has 0 saturated carbocycles. The van der Waals surface area contributed by atoms with Crippen LogP contribution in [0.15, 0.2) is 42.5 Å². The summed E-state index contributed by atoms with van der Waals surface area (Å²) in [5.41, 5.74) is 1.96. The van der Waals surface area contributed by atoms with Crippen LogP contribution < -0.4 is 4.74 Å². The minimum Gasteiger partial charge on any atom is -0.491 e. The molecule has 1 unspecified atom stereocenters. The zero-order valence-corrected chi connectivity index (χ0v) is 17.3. The molecule has 158 valence electrons. The van der Waals surface area contributed by atoms with Gasteiger partial charge in [-0.2, -0.15) is 0 Å². The Kier molecular flexibility index (Phi) is 6.28. The molecule has 7 heteroatoms. The molecule has 0 N–H and O–H groups in total. The molecule has 0 bridgehead atoms. The lowest BCUT2D eigenvalue weighted by atomic mass is 10.2. The fourth-order valence-electron chi connectivity index (χ4n) is 3.92. The first-order chi connectivity index (χ1) is 14.6. The second kappa shape index (κ2) is 9.26. The average Bonchev–Trinajstić information content (AvgIpc) is 3.26. The Morgan fingerprint density at radius 3 is 2.57 bits per heavy atom. The van der Waals surface area contributed by atoms with Gasteiger partial charge in [0.2, 0.25) is 0 Å². The zero-order valence-electron chi connectivity index (χ0n) is 17.3. The van der Waals surface area contributed by atoms with Crippen molar-refractivity contribution >= 4 is 11.8 Å². The molecule has 0 spiro atoms. The maximum Gasteiger partial charge on any atom is 0.272 e. The van der Waals surface area contributed by atoms with Gasteiger partial charge < -0.3 is 19.3 Å². The van der Waals surface area contributed by atoms with Crippen molar-refractivity contribution in [3.05, 3.63) is 59.4 Å². The summed E-state index contributed by atoms with van der Waals surface area (Å²) in [6.07, 6.45) is 1.86. The van der Waals surface area contributed by atoms with E-state index in [1.165, 1.54) is 0 Å². The number of aromatic nitrogens is 1. The molecule has 4 rings (SSSR count). The highest BCUT2D eigenvalue weighted by Crippen LogP contribution is 2.22. The normalized spacial score (nSPS) is 19.0. The molecular weight excluding hydrogens is 382 g/mol. The van der Waals surface area contributed by atoms with Crippen LogP contribution in [0, 0.1) is 6.92 Å². The van der Waals surface area contributed by atoms with Crippen LogP contribution in [0.2, 0.25) is 0 Å². The number of benzene rings is 1. The highest BCUT2D eigenvalue weighted by Gasteiger charge is 2.30. The van der Waals surface area contributed by atoms with Gasteiger partial charge in [-0.1, -0.05) is 6.07 Å². The number of morpholine rings is 1. The van der Waals surface area contributed by atoms with Crippen LogP contribution in [0.5, 0.6) is 5.75 Å². The Morgan fingerprint density at radius 2 is 1.83 bits per heavy atom. The van der Waals surface area contributed by atoms with Gasteiger partial charge in [0.25, 0.3) is 11.8 Å². The molecule has 2 aliphatic heterocycles. The molecule has 2 amide bonds. The molecule has 1 aromatic carbocycles. The molecule has 3 heterocycles. The summed E-state index contributed by atoms with van der Waals surface area (Å²) in [6, 6.07) is 12.7. The third-order valence-corrected chi connectivity index (χ3v) is 5.59. The number of rotatable bonds is 5. The quantitative estimate of drug-likeness (QED) is 0.759. The van der Waals surface area contributed by atoms with Crippen LogP contribution in [0.3, 0.4) is 0 Å². The number of hydrogen-bond donors (Lipinski definition) is 0. The van der Waals surface area contributed by atoms with Crippen LogP contribution in [0.4, 0.5) is 0 Å². The maximum atomic E-state index is 12.8. The first-order valence-electron chi connectivity index (χ1n) is 10.5. The van der Waals surface area contributed by atoms with E-state index in [0.717, 1.165) is 25.1 Å². The average molecular weight is 409 g/mol. The first-order valence-corrected chi connectivity index (χ1v) is 10.5. The summed E-state index contributed by atoms with van der Waals surface area (Å²) >= 11 is 0. The fourth-order valence-corrected chi connectivity index (χ4v) is 3.92. The predicted octanol–water partition coefficient (Wildman–Crippen LogP) is 2.55. The number of hydrogen-bond acceptors (Lipinski definition) is 5. The molecule has 0 radical (unpaired) electrons. The van der Waals surface area contributed by atoms with Crippen LogP contribution in [0.1, 0.15) is 39.4 Å². The second-order valence-corrected chi connectivity index (χ2v) is 7.70. The van der Waals surface area contributed by atoms with Gasteiger partial charge in [0.05, 0.1) is 19.3 Å². The fraction of sp³-hybridized carbons (Fsp3) is 0.435. The molecule has 7 nitrogen and oxygen atoms in total. The van der Waals surface area contributed by atoms with Crippen molar-refractivity contribution in [1.29, 1.82) is 0 Å². The standard InChI is InChI=1S/C23H27N3O4/c1-17-4-2-6-21(24-17)23(28)26-11-3-5-19(26)16-30-20-9-7-18(8-10-20)22(27)25-12-14-29-15-13-25/h2,4,6-10,19H,3,5,11-16H2,1H3. The molecular formula is C23H27N3O4. The van der Waals surface area contributed by atoms with Crippen LogP contribution >= 0.6 is 0 Å². The van der Waals surface area contributed by atoms with Crippen molar-refractivity contribution in [2.75, 3.05) is 39.5 Å².